The molecule has 0 aromatic heterocycles. The molecule has 0 saturated heterocycles. The summed E-state index contributed by atoms with van der Waals surface area (Å²) in [5, 5.41) is 12.4. The monoisotopic (exact) mass is 155 g/mol. The smallest absolute Gasteiger partial charge is 0.0961 e. The number of thioether (sulfide) groups is 2. The summed E-state index contributed by atoms with van der Waals surface area (Å²) in [4.78, 5) is 0. The highest BCUT2D eigenvalue weighted by Gasteiger charge is 2.04. The van der Waals surface area contributed by atoms with Gasteiger partial charge in [-0.15, -0.1) is 0 Å². The van der Waals surface area contributed by atoms with Gasteiger partial charge in [0, 0.05) is 5.57 Å². The van der Waals surface area contributed by atoms with Gasteiger partial charge >= 0.3 is 0 Å². The van der Waals surface area contributed by atoms with E-state index in [0.717, 1.165) is 9.81 Å². The predicted octanol–water partition coefficient (Wildman–Crippen LogP) is 2.69. The van der Waals surface area contributed by atoms with Crippen LogP contribution in [0.5, 0.6) is 0 Å². The second-order valence-corrected chi connectivity index (χ2v) is 3.62. The summed E-state index contributed by atoms with van der Waals surface area (Å²) in [6.45, 7) is 1.84. The van der Waals surface area contributed by atoms with Gasteiger partial charge in [-0.05, 0) is 17.7 Å². The van der Waals surface area contributed by atoms with Gasteiger partial charge in [0.2, 0.25) is 0 Å². The summed E-state index contributed by atoms with van der Waals surface area (Å²) < 4.78 is 1.11. The van der Waals surface area contributed by atoms with Crippen molar-refractivity contribution in [1.29, 1.82) is 5.26 Å². The molecule has 0 amide bonds. The lowest BCUT2D eigenvalue weighted by Crippen LogP contribution is -1.68. The summed E-state index contributed by atoms with van der Waals surface area (Å²) in [5.74, 6) is 0. The minimum atomic E-state index is 0.815. The number of nitrogens with zero attached hydrogens (tertiary/aromatic N) is 1. The molecule has 1 aliphatic heterocycles. The molecule has 1 rings (SSSR count). The van der Waals surface area contributed by atoms with Crippen molar-refractivity contribution in [3.8, 4) is 6.07 Å². The van der Waals surface area contributed by atoms with Crippen LogP contribution in [0, 0.1) is 11.3 Å². The summed E-state index contributed by atoms with van der Waals surface area (Å²) in [7, 11) is 0. The number of hydrogen-bond acceptors (Lipinski definition) is 3. The Morgan fingerprint density at radius 3 is 2.56 bits per heavy atom. The van der Waals surface area contributed by atoms with Crippen LogP contribution in [0.4, 0.5) is 0 Å². The molecule has 0 fully saturated rings. The first-order valence-corrected chi connectivity index (χ1v) is 4.20. The number of nitriles is 1. The van der Waals surface area contributed by atoms with Gasteiger partial charge in [0.15, 0.2) is 0 Å². The highest BCUT2D eigenvalue weighted by molar-refractivity contribution is 8.27. The Hall–Kier alpha value is -0.330. The zero-order chi connectivity index (χ0) is 6.69. The number of rotatable bonds is 0. The van der Waals surface area contributed by atoms with Gasteiger partial charge in [-0.25, -0.2) is 0 Å². The Labute approximate surface area is 62.8 Å². The Morgan fingerprint density at radius 1 is 1.56 bits per heavy atom. The van der Waals surface area contributed by atoms with Crippen LogP contribution < -0.4 is 0 Å². The summed E-state index contributed by atoms with van der Waals surface area (Å²) in [6.07, 6.45) is 0. The zero-order valence-corrected chi connectivity index (χ0v) is 6.55. The van der Waals surface area contributed by atoms with Crippen LogP contribution in [0.2, 0.25) is 0 Å². The molecule has 0 bridgehead atoms. The first-order chi connectivity index (χ1) is 4.34. The molecule has 0 aliphatic carbocycles. The van der Waals surface area contributed by atoms with E-state index in [9.17, 15) is 0 Å². The van der Waals surface area contributed by atoms with Gasteiger partial charge in [0.25, 0.3) is 0 Å². The largest absolute Gasteiger partial charge is 0.193 e. The molecule has 0 aromatic carbocycles. The Morgan fingerprint density at radius 2 is 2.11 bits per heavy atom. The lowest BCUT2D eigenvalue weighted by molar-refractivity contribution is 1.45. The fourth-order valence-electron chi connectivity index (χ4n) is 0.429. The first kappa shape index (κ1) is 6.79. The van der Waals surface area contributed by atoms with E-state index in [1.165, 1.54) is 0 Å². The van der Waals surface area contributed by atoms with Crippen LogP contribution in [-0.4, -0.2) is 0 Å². The van der Waals surface area contributed by atoms with E-state index >= 15 is 0 Å². The number of allylic oxidation sites excluding steroid dienone is 1. The molecule has 3 heteroatoms. The van der Waals surface area contributed by atoms with E-state index in [0.29, 0.717) is 0 Å². The molecule has 46 valence electrons. The maximum Gasteiger partial charge on any atom is 0.0961 e. The molecule has 0 atom stereocenters. The van der Waals surface area contributed by atoms with E-state index in [2.05, 4.69) is 6.07 Å². The van der Waals surface area contributed by atoms with Gasteiger partial charge in [-0.1, -0.05) is 23.5 Å². The van der Waals surface area contributed by atoms with Crippen LogP contribution in [0.3, 0.4) is 0 Å². The standard InChI is InChI=1S/C6H5NS2/c1-5(4-7)6-8-2-3-9-6/h2-3H,1H3. The van der Waals surface area contributed by atoms with Crippen molar-refractivity contribution in [2.45, 2.75) is 6.92 Å². The van der Waals surface area contributed by atoms with Crippen molar-refractivity contribution in [1.82, 2.24) is 0 Å². The van der Waals surface area contributed by atoms with Crippen molar-refractivity contribution in [3.63, 3.8) is 0 Å². The van der Waals surface area contributed by atoms with Crippen LogP contribution in [-0.2, 0) is 0 Å². The molecule has 0 N–H and O–H groups in total. The topological polar surface area (TPSA) is 23.8 Å². The van der Waals surface area contributed by atoms with Crippen LogP contribution >= 0.6 is 23.5 Å². The van der Waals surface area contributed by atoms with Crippen LogP contribution in [0.1, 0.15) is 6.92 Å². The van der Waals surface area contributed by atoms with E-state index in [4.69, 9.17) is 5.26 Å². The van der Waals surface area contributed by atoms with Crippen LogP contribution in [0.15, 0.2) is 20.6 Å². The maximum absolute atomic E-state index is 8.43. The molecule has 9 heavy (non-hydrogen) atoms. The van der Waals surface area contributed by atoms with Crippen LogP contribution in [0.25, 0.3) is 0 Å². The first-order valence-electron chi connectivity index (χ1n) is 2.44. The third kappa shape index (κ3) is 1.54. The quantitative estimate of drug-likeness (QED) is 0.502. The van der Waals surface area contributed by atoms with E-state index < -0.39 is 0 Å². The minimum absolute atomic E-state index is 0.815. The lowest BCUT2D eigenvalue weighted by atomic mass is 10.4. The highest BCUT2D eigenvalue weighted by Crippen LogP contribution is 2.39. The van der Waals surface area contributed by atoms with Gasteiger partial charge in [0.05, 0.1) is 10.3 Å². The normalized spacial score (nSPS) is 15.8. The molecule has 1 nitrogen and oxygen atoms in total. The third-order valence-corrected chi connectivity index (χ3v) is 3.21. The second-order valence-electron chi connectivity index (χ2n) is 1.53. The van der Waals surface area contributed by atoms with Crippen molar-refractivity contribution < 1.29 is 0 Å². The molecule has 0 saturated carbocycles. The van der Waals surface area contributed by atoms with E-state index in [1.54, 1.807) is 23.5 Å². The molecular weight excluding hydrogens is 150 g/mol. The summed E-state index contributed by atoms with van der Waals surface area (Å²) in [6, 6.07) is 2.10. The Bertz CT molecular complexity index is 200. The molecule has 0 spiro atoms. The average Bonchev–Trinajstić information content (AvgIpc) is 2.37. The second kappa shape index (κ2) is 3.00. The van der Waals surface area contributed by atoms with Gasteiger partial charge in [-0.2, -0.15) is 5.26 Å². The van der Waals surface area contributed by atoms with Gasteiger partial charge in [0.1, 0.15) is 0 Å². The molecule has 1 aliphatic rings. The Balaban J connectivity index is 2.74. The fraction of sp³-hybridized carbons (Fsp3) is 0.167. The molecule has 0 unspecified atom stereocenters. The maximum atomic E-state index is 8.43. The fourth-order valence-corrected chi connectivity index (χ4v) is 2.12. The summed E-state index contributed by atoms with van der Waals surface area (Å²) in [5.41, 5.74) is 0.815. The van der Waals surface area contributed by atoms with Crippen molar-refractivity contribution in [3.05, 3.63) is 20.6 Å². The van der Waals surface area contributed by atoms with Crippen molar-refractivity contribution >= 4 is 23.5 Å². The van der Waals surface area contributed by atoms with E-state index in [1.807, 2.05) is 17.7 Å². The lowest BCUT2D eigenvalue weighted by Gasteiger charge is -1.91. The molecule has 0 radical (unpaired) electrons. The van der Waals surface area contributed by atoms with Gasteiger partial charge in [-0.3, -0.25) is 0 Å². The highest BCUT2D eigenvalue weighted by atomic mass is 32.2. The van der Waals surface area contributed by atoms with Gasteiger partial charge < -0.3 is 0 Å². The number of hydrogen-bond donors (Lipinski definition) is 0. The summed E-state index contributed by atoms with van der Waals surface area (Å²) >= 11 is 3.23. The molecular formula is C6H5NS2. The molecule has 0 aromatic rings. The SMILES string of the molecule is CC(C#N)=C1SC=CS1. The Kier molecular flexibility index (Phi) is 2.26. The van der Waals surface area contributed by atoms with Crippen molar-refractivity contribution in [2.75, 3.05) is 0 Å². The molecule has 1 heterocycles. The van der Waals surface area contributed by atoms with E-state index in [-0.39, 0.29) is 0 Å². The third-order valence-electron chi connectivity index (χ3n) is 0.880. The zero-order valence-electron chi connectivity index (χ0n) is 4.92. The average molecular weight is 155 g/mol. The van der Waals surface area contributed by atoms with Crippen molar-refractivity contribution in [2.24, 2.45) is 0 Å². The minimum Gasteiger partial charge on any atom is -0.193 e. The predicted molar refractivity (Wildman–Crippen MR) is 42.6 cm³/mol.